The number of para-hydroxylation sites is 1. The molecule has 0 spiro atoms. The number of amides is 6. The highest BCUT2D eigenvalue weighted by Gasteiger charge is 2.30. The van der Waals surface area contributed by atoms with Crippen LogP contribution in [0.5, 0.6) is 0 Å². The lowest BCUT2D eigenvalue weighted by molar-refractivity contribution is -0.133. The van der Waals surface area contributed by atoms with Gasteiger partial charge in [0.05, 0.1) is 31.0 Å². The summed E-state index contributed by atoms with van der Waals surface area (Å²) in [6.07, 6.45) is 11.5. The zero-order valence-corrected chi connectivity index (χ0v) is 46.7. The number of aliphatic imine (C=N–C) groups is 1. The van der Waals surface area contributed by atoms with Crippen LogP contribution in [0.3, 0.4) is 0 Å². The van der Waals surface area contributed by atoms with E-state index in [1.807, 2.05) is 42.6 Å². The van der Waals surface area contributed by atoms with E-state index in [1.54, 1.807) is 20.9 Å². The average molecular weight is 1070 g/mol. The maximum absolute atomic E-state index is 13.6. The number of carbonyl (C=O) groups is 8. The molecule has 2 aromatic carbocycles. The van der Waals surface area contributed by atoms with Crippen LogP contribution in [-0.4, -0.2) is 125 Å². The number of nitrogens with zero attached hydrogens (tertiary/aromatic N) is 2. The number of unbranched alkanes of at least 4 members (excludes halogenated alkanes) is 2. The van der Waals surface area contributed by atoms with Crippen LogP contribution in [0.25, 0.3) is 10.9 Å². The fraction of sp³-hybridized carbons (Fsp3) is 0.491. The number of aryl methyl sites for hydroxylation is 1. The Kier molecular flexibility index (Phi) is 37.1. The number of rotatable bonds is 28. The van der Waals surface area contributed by atoms with Gasteiger partial charge in [-0.1, -0.05) is 95.1 Å². The standard InChI is InChI=1S/C32H47N9O6.C9H9N.C5H13N3.C5H9NO2.C4H10/c1-20(2)37-18-29(44)39-25(12-13-28(43)36-14-8-11-24(34-4)30(33)45)31(46)41-27(16-23-17-35-19-38-23)32(47)40-26(21(3)42)15-22-9-6-5-7-10-22;1-7-6-10-9-5-3-2-4-8(7)9;1-2-3-4-8-5(6)7;1-4(3-7)6-5(2)8;1-3-4-2/h5-7,9-10,17,19,24-27,34,37H,1,8,11-16,18H2,2-4H3,(H2,33,45)(H,35,38)(H,36,43)(H,39,44)(H,40,47)(H,41,46);2-6,10H,1H3;2-4H2,1H3,(H4,6,7,8);3-4H,1-2H3,(H,6,8);3-4H2,1-2H3/t24?,25?,26?,27-;;;4-;/m0..0./s1. The summed E-state index contributed by atoms with van der Waals surface area (Å²) < 4.78 is 0. The first-order chi connectivity index (χ1) is 36.6. The quantitative estimate of drug-likeness (QED) is 0.0169. The zero-order valence-electron chi connectivity index (χ0n) is 46.7. The Labute approximate surface area is 454 Å². The van der Waals surface area contributed by atoms with Crippen LogP contribution >= 0.6 is 0 Å². The summed E-state index contributed by atoms with van der Waals surface area (Å²) in [4.78, 5) is 110. The third-order valence-electron chi connectivity index (χ3n) is 11.0. The first-order valence-electron chi connectivity index (χ1n) is 26.0. The summed E-state index contributed by atoms with van der Waals surface area (Å²) in [5, 5.41) is 20.1. The molecule has 0 aliphatic heterocycles. The molecule has 0 aliphatic rings. The van der Waals surface area contributed by atoms with E-state index in [2.05, 4.69) is 110 Å². The molecule has 22 nitrogen and oxygen atoms in total. The largest absolute Gasteiger partial charge is 0.380 e. The molecule has 6 amide bonds. The Morgan fingerprint density at radius 1 is 0.740 bits per heavy atom. The molecule has 0 aliphatic carbocycles. The van der Waals surface area contributed by atoms with Gasteiger partial charge in [0.1, 0.15) is 18.4 Å². The van der Waals surface area contributed by atoms with Gasteiger partial charge in [0.25, 0.3) is 0 Å². The normalized spacial score (nSPS) is 12.0. The Hall–Kier alpha value is -7.88. The van der Waals surface area contributed by atoms with Crippen LogP contribution in [-0.2, 0) is 51.2 Å². The van der Waals surface area contributed by atoms with Crippen LogP contribution < -0.4 is 54.4 Å². The third kappa shape index (κ3) is 33.6. The molecule has 426 valence electrons. The van der Waals surface area contributed by atoms with Crippen molar-refractivity contribution in [3.8, 4) is 0 Å². The topological polar surface area (TPSA) is 356 Å². The molecule has 77 heavy (non-hydrogen) atoms. The molecule has 0 saturated heterocycles. The van der Waals surface area contributed by atoms with Crippen molar-refractivity contribution in [3.63, 3.8) is 0 Å². The van der Waals surface area contributed by atoms with E-state index in [-0.39, 0.29) is 68.4 Å². The zero-order chi connectivity index (χ0) is 58.1. The number of H-pyrrole nitrogens is 2. The Morgan fingerprint density at radius 2 is 1.38 bits per heavy atom. The van der Waals surface area contributed by atoms with Gasteiger partial charge in [0, 0.05) is 67.5 Å². The first kappa shape index (κ1) is 69.1. The molecule has 22 heteroatoms. The van der Waals surface area contributed by atoms with Crippen molar-refractivity contribution < 1.29 is 38.4 Å². The van der Waals surface area contributed by atoms with Crippen molar-refractivity contribution in [2.75, 3.05) is 26.7 Å². The summed E-state index contributed by atoms with van der Waals surface area (Å²) in [6.45, 7) is 19.2. The van der Waals surface area contributed by atoms with E-state index >= 15 is 0 Å². The van der Waals surface area contributed by atoms with Gasteiger partial charge in [-0.05, 0) is 84.0 Å². The summed E-state index contributed by atoms with van der Waals surface area (Å²) in [6, 6.07) is 13.5. The average Bonchev–Trinajstić information content (AvgIpc) is 4.06. The Morgan fingerprint density at radius 3 is 1.90 bits per heavy atom. The van der Waals surface area contributed by atoms with Gasteiger partial charge in [0.15, 0.2) is 11.7 Å². The van der Waals surface area contributed by atoms with Crippen molar-refractivity contribution in [1.82, 2.24) is 52.2 Å². The number of allylic oxidation sites excluding steroid dienone is 1. The van der Waals surface area contributed by atoms with E-state index in [4.69, 9.17) is 17.2 Å². The van der Waals surface area contributed by atoms with Crippen LogP contribution in [0.2, 0.25) is 0 Å². The molecule has 0 fully saturated rings. The number of nitrogens with one attached hydrogen (secondary N) is 9. The second-order valence-electron chi connectivity index (χ2n) is 18.0. The number of guanidine groups is 1. The summed E-state index contributed by atoms with van der Waals surface area (Å²) in [5.74, 6) is -2.92. The summed E-state index contributed by atoms with van der Waals surface area (Å²) >= 11 is 0. The van der Waals surface area contributed by atoms with Crippen molar-refractivity contribution in [3.05, 3.63) is 102 Å². The van der Waals surface area contributed by atoms with E-state index < -0.39 is 47.8 Å². The van der Waals surface area contributed by atoms with Crippen LogP contribution in [0.4, 0.5) is 0 Å². The molecule has 2 aromatic heterocycles. The van der Waals surface area contributed by atoms with Crippen molar-refractivity contribution in [2.24, 2.45) is 22.2 Å². The molecule has 0 radical (unpaired) electrons. The number of primary amides is 1. The number of likely N-dealkylation sites (N-methyl/N-ethyl adjacent to an activating group) is 1. The number of aromatic nitrogens is 3. The molecule has 0 bridgehead atoms. The molecule has 5 atom stereocenters. The number of aromatic amines is 2. The number of benzene rings is 2. The summed E-state index contributed by atoms with van der Waals surface area (Å²) in [7, 11) is 1.62. The molecule has 3 unspecified atom stereocenters. The number of hydrogen-bond acceptors (Lipinski definition) is 12. The SMILES string of the molecule is C=C(C)NCC(=O)NC(CCC(=O)NCCCC(NC)C(N)=O)C(=O)N[C@@H](Cc1cnc[nH]1)C(=O)NC(Cc1ccccc1)C(C)=O.CC(=O)N[C@@H](C)C=O.CCCC.CCCCN=C(N)N.Cc1c[nH]c2ccccc12. The monoisotopic (exact) mass is 1070 g/mol. The van der Waals surface area contributed by atoms with Gasteiger partial charge >= 0.3 is 0 Å². The van der Waals surface area contributed by atoms with Crippen LogP contribution in [0.15, 0.2) is 90.6 Å². The fourth-order valence-electron chi connectivity index (χ4n) is 6.53. The highest BCUT2D eigenvalue weighted by Crippen LogP contribution is 2.15. The minimum absolute atomic E-state index is 0.0187. The Bertz CT molecular complexity index is 2380. The van der Waals surface area contributed by atoms with Gasteiger partial charge in [0.2, 0.25) is 35.4 Å². The molecule has 2 heterocycles. The van der Waals surface area contributed by atoms with Crippen molar-refractivity contribution in [1.29, 1.82) is 0 Å². The van der Waals surface area contributed by atoms with Gasteiger partial charge in [-0.15, -0.1) is 0 Å². The number of carbonyl (C=O) groups excluding carboxylic acids is 8. The molecule has 4 rings (SSSR count). The molecular formula is C55H88N14O8. The maximum Gasteiger partial charge on any atom is 0.243 e. The minimum Gasteiger partial charge on any atom is -0.380 e. The number of hydrogen-bond donors (Lipinski definition) is 12. The lowest BCUT2D eigenvalue weighted by Crippen LogP contribution is -2.57. The van der Waals surface area contributed by atoms with Crippen LogP contribution in [0, 0.1) is 6.92 Å². The Balaban J connectivity index is 0.00000153. The minimum atomic E-state index is -1.17. The number of Topliss-reactive ketones (excluding diaryl/α,β-unsaturated/α-hetero) is 1. The molecule has 15 N–H and O–H groups in total. The number of fused-ring (bicyclic) bond motifs is 1. The number of nitrogens with two attached hydrogens (primary N) is 3. The number of ketones is 1. The second-order valence-corrected chi connectivity index (χ2v) is 18.0. The van der Waals surface area contributed by atoms with Crippen molar-refractivity contribution >= 4 is 64.4 Å². The van der Waals surface area contributed by atoms with Crippen molar-refractivity contribution in [2.45, 2.75) is 150 Å². The third-order valence-corrected chi connectivity index (χ3v) is 11.0. The predicted molar refractivity (Wildman–Crippen MR) is 304 cm³/mol. The van der Waals surface area contributed by atoms with E-state index in [0.717, 1.165) is 24.9 Å². The van der Waals surface area contributed by atoms with Crippen LogP contribution in [0.1, 0.15) is 117 Å². The second kappa shape index (κ2) is 41.4. The summed E-state index contributed by atoms with van der Waals surface area (Å²) in [5.41, 5.74) is 19.9. The van der Waals surface area contributed by atoms with Gasteiger partial charge in [-0.2, -0.15) is 0 Å². The van der Waals surface area contributed by atoms with Gasteiger partial charge in [-0.25, -0.2) is 4.98 Å². The molecular weight excluding hydrogens is 985 g/mol. The van der Waals surface area contributed by atoms with Gasteiger partial charge < -0.3 is 69.2 Å². The van der Waals surface area contributed by atoms with E-state index in [0.29, 0.717) is 30.5 Å². The highest BCUT2D eigenvalue weighted by atomic mass is 16.2. The predicted octanol–water partition coefficient (Wildman–Crippen LogP) is 3.16. The lowest BCUT2D eigenvalue weighted by Gasteiger charge is -2.25. The van der Waals surface area contributed by atoms with E-state index in [9.17, 15) is 38.4 Å². The van der Waals surface area contributed by atoms with Gasteiger partial charge in [-0.3, -0.25) is 38.6 Å². The first-order valence-corrected chi connectivity index (χ1v) is 26.0. The maximum atomic E-state index is 13.6. The number of aldehydes is 1. The number of imidazole rings is 1. The highest BCUT2D eigenvalue weighted by molar-refractivity contribution is 5.95. The fourth-order valence-corrected chi connectivity index (χ4v) is 6.53. The lowest BCUT2D eigenvalue weighted by atomic mass is 10.0. The smallest absolute Gasteiger partial charge is 0.243 e. The molecule has 4 aromatic rings. The van der Waals surface area contributed by atoms with E-state index in [1.165, 1.54) is 55.7 Å². The molecule has 0 saturated carbocycles.